The monoisotopic (exact) mass is 282 g/mol. The second kappa shape index (κ2) is 6.35. The van der Waals surface area contributed by atoms with Crippen LogP contribution in [0.2, 0.25) is 0 Å². The van der Waals surface area contributed by atoms with Crippen molar-refractivity contribution >= 4 is 11.6 Å². The molecule has 0 atom stereocenters. The third-order valence-electron chi connectivity index (χ3n) is 4.97. The van der Waals surface area contributed by atoms with Gasteiger partial charge in [0, 0.05) is 0 Å². The second-order valence-electron chi connectivity index (χ2n) is 6.39. The Morgan fingerprint density at radius 3 is 1.20 bits per heavy atom. The van der Waals surface area contributed by atoms with Crippen molar-refractivity contribution in [3.05, 3.63) is 0 Å². The van der Waals surface area contributed by atoms with Gasteiger partial charge in [-0.3, -0.25) is 9.59 Å². The fourth-order valence-corrected chi connectivity index (χ4v) is 3.39. The Labute approximate surface area is 121 Å². The minimum atomic E-state index is -0.821. The highest BCUT2D eigenvalue weighted by atomic mass is 17.2. The van der Waals surface area contributed by atoms with Gasteiger partial charge in [0.05, 0.1) is 0 Å². The van der Waals surface area contributed by atoms with Crippen molar-refractivity contribution in [2.24, 2.45) is 0 Å². The summed E-state index contributed by atoms with van der Waals surface area (Å²) in [4.78, 5) is 35.3. The summed E-state index contributed by atoms with van der Waals surface area (Å²) in [7, 11) is 0. The molecule has 0 amide bonds. The quantitative estimate of drug-likeness (QED) is 0.572. The number of rotatable bonds is 5. The SMILES string of the molecule is CC(=O)C1(OOC2(C(C)=O)CCCCC2)CCCCC1. The zero-order chi connectivity index (χ0) is 14.6. The highest BCUT2D eigenvalue weighted by Gasteiger charge is 2.45. The molecule has 0 unspecified atom stereocenters. The van der Waals surface area contributed by atoms with E-state index < -0.39 is 11.2 Å². The van der Waals surface area contributed by atoms with Crippen LogP contribution in [0.1, 0.15) is 78.1 Å². The van der Waals surface area contributed by atoms with E-state index in [9.17, 15) is 9.59 Å². The van der Waals surface area contributed by atoms with Gasteiger partial charge >= 0.3 is 0 Å². The first-order valence-corrected chi connectivity index (χ1v) is 7.90. The third kappa shape index (κ3) is 3.12. The van der Waals surface area contributed by atoms with Crippen molar-refractivity contribution in [3.63, 3.8) is 0 Å². The number of hydrogen-bond donors (Lipinski definition) is 0. The van der Waals surface area contributed by atoms with Gasteiger partial charge in [-0.1, -0.05) is 12.8 Å². The van der Waals surface area contributed by atoms with Crippen molar-refractivity contribution < 1.29 is 19.4 Å². The van der Waals surface area contributed by atoms with Crippen LogP contribution in [0.5, 0.6) is 0 Å². The summed E-state index contributed by atoms with van der Waals surface area (Å²) in [5.41, 5.74) is -1.64. The van der Waals surface area contributed by atoms with Crippen LogP contribution in [0.3, 0.4) is 0 Å². The Morgan fingerprint density at radius 2 is 0.950 bits per heavy atom. The normalized spacial score (nSPS) is 25.1. The smallest absolute Gasteiger partial charge is 0.164 e. The summed E-state index contributed by atoms with van der Waals surface area (Å²) >= 11 is 0. The number of hydrogen-bond acceptors (Lipinski definition) is 4. The minimum absolute atomic E-state index is 0.0201. The van der Waals surface area contributed by atoms with Gasteiger partial charge in [-0.15, -0.1) is 0 Å². The maximum absolute atomic E-state index is 12.0. The Kier molecular flexibility index (Phi) is 4.97. The lowest BCUT2D eigenvalue weighted by atomic mass is 9.81. The third-order valence-corrected chi connectivity index (χ3v) is 4.97. The molecule has 0 radical (unpaired) electrons. The topological polar surface area (TPSA) is 52.6 Å². The molecule has 0 heterocycles. The molecule has 0 bridgehead atoms. The maximum Gasteiger partial charge on any atom is 0.164 e. The molecule has 20 heavy (non-hydrogen) atoms. The van der Waals surface area contributed by atoms with Gasteiger partial charge in [-0.05, 0) is 65.2 Å². The van der Waals surface area contributed by atoms with E-state index in [4.69, 9.17) is 9.78 Å². The molecule has 0 N–H and O–H groups in total. The molecule has 4 heteroatoms. The molecule has 2 fully saturated rings. The van der Waals surface area contributed by atoms with Crippen LogP contribution in [0.4, 0.5) is 0 Å². The molecule has 0 saturated heterocycles. The Balaban J connectivity index is 2.07. The van der Waals surface area contributed by atoms with Gasteiger partial charge < -0.3 is 0 Å². The van der Waals surface area contributed by atoms with Crippen LogP contribution in [0.15, 0.2) is 0 Å². The van der Waals surface area contributed by atoms with Crippen molar-refractivity contribution in [3.8, 4) is 0 Å². The summed E-state index contributed by atoms with van der Waals surface area (Å²) < 4.78 is 0. The van der Waals surface area contributed by atoms with E-state index in [0.717, 1.165) is 38.5 Å². The predicted molar refractivity (Wildman–Crippen MR) is 75.2 cm³/mol. The van der Waals surface area contributed by atoms with E-state index in [1.807, 2.05) is 0 Å². The molecule has 0 aromatic rings. The van der Waals surface area contributed by atoms with E-state index in [1.165, 1.54) is 0 Å². The molecule has 114 valence electrons. The summed E-state index contributed by atoms with van der Waals surface area (Å²) in [5.74, 6) is 0.0402. The molecule has 2 aliphatic rings. The van der Waals surface area contributed by atoms with Gasteiger partial charge in [-0.2, -0.15) is 0 Å². The number of Topliss-reactive ketones (excluding diaryl/α,β-unsaturated/α-hetero) is 2. The van der Waals surface area contributed by atoms with Gasteiger partial charge in [0.25, 0.3) is 0 Å². The van der Waals surface area contributed by atoms with E-state index >= 15 is 0 Å². The van der Waals surface area contributed by atoms with Gasteiger partial charge in [0.15, 0.2) is 22.8 Å². The minimum Gasteiger partial charge on any atom is -0.297 e. The molecule has 2 aliphatic carbocycles. The summed E-state index contributed by atoms with van der Waals surface area (Å²) in [6, 6.07) is 0. The first-order valence-electron chi connectivity index (χ1n) is 7.90. The van der Waals surface area contributed by atoms with Crippen LogP contribution < -0.4 is 0 Å². The number of ketones is 2. The van der Waals surface area contributed by atoms with Crippen molar-refractivity contribution in [1.29, 1.82) is 0 Å². The molecule has 2 saturated carbocycles. The van der Waals surface area contributed by atoms with E-state index in [0.29, 0.717) is 25.7 Å². The standard InChI is InChI=1S/C16H26O4/c1-13(17)15(9-5-3-6-10-15)19-20-16(14(2)18)11-7-4-8-12-16/h3-12H2,1-2H3. The van der Waals surface area contributed by atoms with Crippen molar-refractivity contribution in [2.45, 2.75) is 89.3 Å². The van der Waals surface area contributed by atoms with Crippen LogP contribution in [-0.4, -0.2) is 22.8 Å². The lowest BCUT2D eigenvalue weighted by Gasteiger charge is -2.39. The first kappa shape index (κ1) is 15.6. The molecule has 0 spiro atoms. The molecule has 2 rings (SSSR count). The Bertz CT molecular complexity index is 327. The molecule has 0 aromatic heterocycles. The molecule has 0 aliphatic heterocycles. The van der Waals surface area contributed by atoms with Crippen LogP contribution >= 0.6 is 0 Å². The van der Waals surface area contributed by atoms with E-state index in [1.54, 1.807) is 13.8 Å². The Morgan fingerprint density at radius 1 is 0.650 bits per heavy atom. The average Bonchev–Trinajstić information content (AvgIpc) is 2.47. The second-order valence-corrected chi connectivity index (χ2v) is 6.39. The lowest BCUT2D eigenvalue weighted by Crippen LogP contribution is -2.48. The maximum atomic E-state index is 12.0. The first-order chi connectivity index (χ1) is 9.51. The summed E-state index contributed by atoms with van der Waals surface area (Å²) in [6.45, 7) is 3.13. The highest BCUT2D eigenvalue weighted by Crippen LogP contribution is 2.38. The van der Waals surface area contributed by atoms with Crippen molar-refractivity contribution in [2.75, 3.05) is 0 Å². The van der Waals surface area contributed by atoms with E-state index in [-0.39, 0.29) is 11.6 Å². The molecular weight excluding hydrogens is 256 g/mol. The highest BCUT2D eigenvalue weighted by molar-refractivity contribution is 5.86. The Hall–Kier alpha value is -0.740. The average molecular weight is 282 g/mol. The number of carbonyl (C=O) groups is 2. The van der Waals surface area contributed by atoms with Crippen molar-refractivity contribution in [1.82, 2.24) is 0 Å². The molecule has 0 aromatic carbocycles. The fourth-order valence-electron chi connectivity index (χ4n) is 3.39. The predicted octanol–water partition coefficient (Wildman–Crippen LogP) is 3.52. The molecular formula is C16H26O4. The van der Waals surface area contributed by atoms with Crippen LogP contribution in [-0.2, 0) is 19.4 Å². The summed E-state index contributed by atoms with van der Waals surface area (Å²) in [6.07, 6.45) is 9.02. The zero-order valence-electron chi connectivity index (χ0n) is 12.7. The van der Waals surface area contributed by atoms with Gasteiger partial charge in [-0.25, -0.2) is 9.78 Å². The van der Waals surface area contributed by atoms with Gasteiger partial charge in [0.1, 0.15) is 0 Å². The largest absolute Gasteiger partial charge is 0.297 e. The number of carbonyl (C=O) groups excluding carboxylic acids is 2. The van der Waals surface area contributed by atoms with Crippen LogP contribution in [0.25, 0.3) is 0 Å². The van der Waals surface area contributed by atoms with Crippen LogP contribution in [0, 0.1) is 0 Å². The summed E-state index contributed by atoms with van der Waals surface area (Å²) in [5, 5.41) is 0. The van der Waals surface area contributed by atoms with Gasteiger partial charge in [0.2, 0.25) is 0 Å². The van der Waals surface area contributed by atoms with E-state index in [2.05, 4.69) is 0 Å². The fraction of sp³-hybridized carbons (Fsp3) is 0.875. The lowest BCUT2D eigenvalue weighted by molar-refractivity contribution is -0.401. The zero-order valence-corrected chi connectivity index (χ0v) is 12.7. The molecule has 4 nitrogen and oxygen atoms in total.